The summed E-state index contributed by atoms with van der Waals surface area (Å²) in [4.78, 5) is 2.38. The van der Waals surface area contributed by atoms with Crippen LogP contribution in [0.1, 0.15) is 38.3 Å². The molecule has 2 rings (SSSR count). The maximum absolute atomic E-state index is 2.38. The third-order valence-corrected chi connectivity index (χ3v) is 4.22. The highest BCUT2D eigenvalue weighted by molar-refractivity contribution is 5.85. The molecule has 0 N–H and O–H groups in total. The van der Waals surface area contributed by atoms with Crippen molar-refractivity contribution in [2.75, 3.05) is 14.1 Å². The first-order chi connectivity index (χ1) is 7.35. The summed E-state index contributed by atoms with van der Waals surface area (Å²) in [5.41, 5.74) is 3.63. The normalized spacial score (nSPS) is 26.2. The minimum absolute atomic E-state index is 0. The molecule has 0 aliphatic heterocycles. The van der Waals surface area contributed by atoms with Crippen molar-refractivity contribution in [3.05, 3.63) is 35.4 Å². The molecule has 0 saturated heterocycles. The van der Waals surface area contributed by atoms with Crippen LogP contribution in [0.2, 0.25) is 0 Å². The first-order valence-electron chi connectivity index (χ1n) is 6.11. The second kappa shape index (κ2) is 4.62. The molecule has 1 aromatic rings. The Labute approximate surface area is 112 Å². The zero-order valence-corrected chi connectivity index (χ0v) is 12.4. The largest absolute Gasteiger partial charge is 0.304 e. The van der Waals surface area contributed by atoms with E-state index in [-0.39, 0.29) is 23.4 Å². The Morgan fingerprint density at radius 2 is 1.65 bits per heavy atom. The predicted octanol–water partition coefficient (Wildman–Crippen LogP) is 3.65. The van der Waals surface area contributed by atoms with Gasteiger partial charge in [-0.2, -0.15) is 0 Å². The molecule has 1 aliphatic carbocycles. The summed E-state index contributed by atoms with van der Waals surface area (Å²) < 4.78 is 0. The van der Waals surface area contributed by atoms with Gasteiger partial charge in [0.2, 0.25) is 0 Å². The summed E-state index contributed by atoms with van der Waals surface area (Å²) in [6, 6.07) is 8.91. The van der Waals surface area contributed by atoms with Gasteiger partial charge in [-0.1, -0.05) is 38.1 Å². The molecule has 1 aliphatic rings. The highest BCUT2D eigenvalue weighted by Crippen LogP contribution is 2.42. The van der Waals surface area contributed by atoms with E-state index in [2.05, 4.69) is 64.0 Å². The maximum atomic E-state index is 2.38. The molecule has 1 unspecified atom stereocenters. The molecule has 1 aromatic carbocycles. The molecule has 0 heterocycles. The molecule has 0 amide bonds. The fourth-order valence-electron chi connectivity index (χ4n) is 3.17. The van der Waals surface area contributed by atoms with Crippen LogP contribution in [0.4, 0.5) is 0 Å². The van der Waals surface area contributed by atoms with Crippen molar-refractivity contribution in [1.29, 1.82) is 0 Å². The van der Waals surface area contributed by atoms with E-state index in [4.69, 9.17) is 0 Å². The van der Waals surface area contributed by atoms with Crippen LogP contribution in [0.25, 0.3) is 0 Å². The van der Waals surface area contributed by atoms with Crippen LogP contribution in [0, 0.1) is 0 Å². The molecule has 96 valence electrons. The van der Waals surface area contributed by atoms with Gasteiger partial charge in [0.05, 0.1) is 0 Å². The van der Waals surface area contributed by atoms with Crippen molar-refractivity contribution >= 4 is 12.4 Å². The van der Waals surface area contributed by atoms with Gasteiger partial charge in [-0.15, -0.1) is 12.4 Å². The lowest BCUT2D eigenvalue weighted by atomic mass is 9.65. The third kappa shape index (κ3) is 2.51. The fourth-order valence-corrected chi connectivity index (χ4v) is 3.17. The fraction of sp³-hybridized carbons (Fsp3) is 0.600. The van der Waals surface area contributed by atoms with E-state index >= 15 is 0 Å². The van der Waals surface area contributed by atoms with Crippen molar-refractivity contribution in [1.82, 2.24) is 4.90 Å². The number of likely N-dealkylation sites (N-methyl/N-ethyl adjacent to an activating group) is 1. The highest BCUT2D eigenvalue weighted by atomic mass is 35.5. The Morgan fingerprint density at radius 1 is 1.06 bits per heavy atom. The van der Waals surface area contributed by atoms with Crippen LogP contribution in [0.15, 0.2) is 24.3 Å². The molecule has 1 nitrogen and oxygen atoms in total. The number of benzene rings is 1. The van der Waals surface area contributed by atoms with E-state index in [1.165, 1.54) is 24.0 Å². The summed E-state index contributed by atoms with van der Waals surface area (Å²) in [5, 5.41) is 0. The molecule has 1 atom stereocenters. The van der Waals surface area contributed by atoms with E-state index in [0.717, 1.165) is 0 Å². The number of nitrogens with zero attached hydrogens (tertiary/aromatic N) is 1. The van der Waals surface area contributed by atoms with Crippen LogP contribution in [0.5, 0.6) is 0 Å². The van der Waals surface area contributed by atoms with Gasteiger partial charge >= 0.3 is 0 Å². The molecule has 0 bridgehead atoms. The maximum Gasteiger partial charge on any atom is 0.0224 e. The van der Waals surface area contributed by atoms with E-state index in [9.17, 15) is 0 Å². The van der Waals surface area contributed by atoms with Gasteiger partial charge < -0.3 is 4.90 Å². The lowest BCUT2D eigenvalue weighted by molar-refractivity contribution is 0.118. The van der Waals surface area contributed by atoms with Crippen LogP contribution in [0.3, 0.4) is 0 Å². The van der Waals surface area contributed by atoms with Gasteiger partial charge in [-0.05, 0) is 50.4 Å². The molecular formula is C15H24ClN. The van der Waals surface area contributed by atoms with E-state index in [1.54, 1.807) is 0 Å². The molecule has 0 fully saturated rings. The molecule has 2 heteroatoms. The molecular weight excluding hydrogens is 230 g/mol. The van der Waals surface area contributed by atoms with Gasteiger partial charge in [0.15, 0.2) is 0 Å². The van der Waals surface area contributed by atoms with Crippen LogP contribution >= 0.6 is 12.4 Å². The highest BCUT2D eigenvalue weighted by Gasteiger charge is 2.40. The lowest BCUT2D eigenvalue weighted by Crippen LogP contribution is -2.50. The molecule has 0 aromatic heterocycles. The summed E-state index contributed by atoms with van der Waals surface area (Å²) in [5.74, 6) is 0. The second-order valence-electron chi connectivity index (χ2n) is 6.29. The summed E-state index contributed by atoms with van der Waals surface area (Å²) in [6.07, 6.45) is 2.39. The van der Waals surface area contributed by atoms with Crippen LogP contribution < -0.4 is 0 Å². The number of fused-ring (bicyclic) bond motifs is 1. The van der Waals surface area contributed by atoms with E-state index < -0.39 is 0 Å². The quantitative estimate of drug-likeness (QED) is 0.739. The first kappa shape index (κ1) is 14.5. The van der Waals surface area contributed by atoms with E-state index in [1.807, 2.05) is 0 Å². The van der Waals surface area contributed by atoms with Gasteiger partial charge in [-0.25, -0.2) is 0 Å². The Kier molecular flexibility index (Phi) is 3.95. The van der Waals surface area contributed by atoms with Crippen molar-refractivity contribution in [2.45, 2.75) is 44.6 Å². The van der Waals surface area contributed by atoms with Crippen molar-refractivity contribution in [3.63, 3.8) is 0 Å². The average molecular weight is 254 g/mol. The average Bonchev–Trinajstić information content (AvgIpc) is 2.16. The number of rotatable bonds is 1. The van der Waals surface area contributed by atoms with Crippen molar-refractivity contribution < 1.29 is 0 Å². The Bertz CT molecular complexity index is 398. The lowest BCUT2D eigenvalue weighted by Gasteiger charge is -2.47. The summed E-state index contributed by atoms with van der Waals surface area (Å²) in [6.45, 7) is 7.12. The topological polar surface area (TPSA) is 3.24 Å². The SMILES string of the molecule is CN(C)C1(C)Cc2ccccc2C(C)(C)C1.Cl. The zero-order valence-electron chi connectivity index (χ0n) is 11.6. The summed E-state index contributed by atoms with van der Waals surface area (Å²) >= 11 is 0. The summed E-state index contributed by atoms with van der Waals surface area (Å²) in [7, 11) is 4.40. The van der Waals surface area contributed by atoms with Crippen LogP contribution in [-0.2, 0) is 11.8 Å². The number of halogens is 1. The third-order valence-electron chi connectivity index (χ3n) is 4.22. The Hall–Kier alpha value is -0.530. The van der Waals surface area contributed by atoms with Gasteiger partial charge in [0, 0.05) is 5.54 Å². The first-order valence-corrected chi connectivity index (χ1v) is 6.11. The molecule has 0 radical (unpaired) electrons. The van der Waals surface area contributed by atoms with Crippen LogP contribution in [-0.4, -0.2) is 24.5 Å². The number of hydrogen-bond donors (Lipinski definition) is 0. The minimum Gasteiger partial charge on any atom is -0.304 e. The van der Waals surface area contributed by atoms with E-state index in [0.29, 0.717) is 0 Å². The standard InChI is InChI=1S/C15H23N.ClH/c1-14(2)11-15(3,16(4)5)10-12-8-6-7-9-13(12)14;/h6-9H,10-11H2,1-5H3;1H. The minimum atomic E-state index is 0. The van der Waals surface area contributed by atoms with Crippen molar-refractivity contribution in [3.8, 4) is 0 Å². The van der Waals surface area contributed by atoms with Gasteiger partial charge in [0.25, 0.3) is 0 Å². The molecule has 0 saturated carbocycles. The second-order valence-corrected chi connectivity index (χ2v) is 6.29. The van der Waals surface area contributed by atoms with Gasteiger partial charge in [0.1, 0.15) is 0 Å². The zero-order chi connectivity index (χ0) is 12.0. The number of hydrogen-bond acceptors (Lipinski definition) is 1. The molecule has 0 spiro atoms. The Balaban J connectivity index is 0.00000144. The molecule has 17 heavy (non-hydrogen) atoms. The predicted molar refractivity (Wildman–Crippen MR) is 77.1 cm³/mol. The Morgan fingerprint density at radius 3 is 2.24 bits per heavy atom. The van der Waals surface area contributed by atoms with Crippen molar-refractivity contribution in [2.24, 2.45) is 0 Å². The monoisotopic (exact) mass is 253 g/mol. The van der Waals surface area contributed by atoms with Gasteiger partial charge in [-0.3, -0.25) is 0 Å². The smallest absolute Gasteiger partial charge is 0.0224 e.